The number of nitrogens with zero attached hydrogens (tertiary/aromatic N) is 3. The summed E-state index contributed by atoms with van der Waals surface area (Å²) >= 11 is 0. The molecule has 0 unspecified atom stereocenters. The van der Waals surface area contributed by atoms with Crippen LogP contribution < -0.4 is 5.73 Å². The van der Waals surface area contributed by atoms with Gasteiger partial charge < -0.3 is 10.5 Å². The van der Waals surface area contributed by atoms with Crippen LogP contribution in [0.3, 0.4) is 0 Å². The Morgan fingerprint density at radius 2 is 2.21 bits per heavy atom. The van der Waals surface area contributed by atoms with Crippen molar-refractivity contribution in [1.82, 2.24) is 14.8 Å². The summed E-state index contributed by atoms with van der Waals surface area (Å²) in [6.07, 6.45) is 1.40. The number of esters is 1. The Bertz CT molecular complexity index is 592. The summed E-state index contributed by atoms with van der Waals surface area (Å²) in [5, 5.41) is 3.82. The molecule has 1 aromatic carbocycles. The van der Waals surface area contributed by atoms with Gasteiger partial charge in [0.1, 0.15) is 19.5 Å². The SMILES string of the molecule is Cc1ccc(C)c(COC(=O)Cn2cnc(N)n2)c1. The van der Waals surface area contributed by atoms with E-state index in [1.807, 2.05) is 32.0 Å². The van der Waals surface area contributed by atoms with E-state index in [0.29, 0.717) is 0 Å². The summed E-state index contributed by atoms with van der Waals surface area (Å²) in [6.45, 7) is 4.26. The zero-order chi connectivity index (χ0) is 13.8. The van der Waals surface area contributed by atoms with Gasteiger partial charge in [0.2, 0.25) is 5.95 Å². The van der Waals surface area contributed by atoms with Crippen LogP contribution >= 0.6 is 0 Å². The van der Waals surface area contributed by atoms with Gasteiger partial charge in [0, 0.05) is 0 Å². The van der Waals surface area contributed by atoms with Gasteiger partial charge in [-0.15, -0.1) is 5.10 Å². The quantitative estimate of drug-likeness (QED) is 0.836. The van der Waals surface area contributed by atoms with Gasteiger partial charge in [0.15, 0.2) is 0 Å². The van der Waals surface area contributed by atoms with Crippen molar-refractivity contribution in [3.05, 3.63) is 41.2 Å². The molecule has 1 aromatic heterocycles. The first kappa shape index (κ1) is 13.1. The van der Waals surface area contributed by atoms with Gasteiger partial charge in [-0.25, -0.2) is 9.67 Å². The molecule has 0 aliphatic rings. The van der Waals surface area contributed by atoms with E-state index in [1.54, 1.807) is 0 Å². The second kappa shape index (κ2) is 5.51. The Kier molecular flexibility index (Phi) is 3.79. The van der Waals surface area contributed by atoms with Crippen molar-refractivity contribution in [3.8, 4) is 0 Å². The molecule has 6 nitrogen and oxygen atoms in total. The lowest BCUT2D eigenvalue weighted by molar-refractivity contribution is -0.145. The van der Waals surface area contributed by atoms with Crippen molar-refractivity contribution < 1.29 is 9.53 Å². The number of rotatable bonds is 4. The second-order valence-electron chi connectivity index (χ2n) is 4.39. The molecule has 0 radical (unpaired) electrons. The van der Waals surface area contributed by atoms with Crippen molar-refractivity contribution in [1.29, 1.82) is 0 Å². The number of hydrogen-bond acceptors (Lipinski definition) is 5. The first-order valence-corrected chi connectivity index (χ1v) is 5.91. The lowest BCUT2D eigenvalue weighted by Gasteiger charge is -2.08. The monoisotopic (exact) mass is 260 g/mol. The van der Waals surface area contributed by atoms with Crippen LogP contribution in [-0.4, -0.2) is 20.7 Å². The predicted molar refractivity (Wildman–Crippen MR) is 70.1 cm³/mol. The molecule has 2 N–H and O–H groups in total. The molecule has 0 fully saturated rings. The van der Waals surface area contributed by atoms with Crippen molar-refractivity contribution in [2.75, 3.05) is 5.73 Å². The summed E-state index contributed by atoms with van der Waals surface area (Å²) < 4.78 is 6.56. The average Bonchev–Trinajstić information content (AvgIpc) is 2.76. The van der Waals surface area contributed by atoms with Gasteiger partial charge in [-0.05, 0) is 25.0 Å². The topological polar surface area (TPSA) is 83.0 Å². The number of ether oxygens (including phenoxy) is 1. The number of aromatic nitrogens is 3. The summed E-state index contributed by atoms with van der Waals surface area (Å²) in [7, 11) is 0. The van der Waals surface area contributed by atoms with Gasteiger partial charge in [-0.1, -0.05) is 23.8 Å². The number of hydrogen-bond donors (Lipinski definition) is 1. The van der Waals surface area contributed by atoms with Crippen LogP contribution in [0, 0.1) is 13.8 Å². The molecule has 0 saturated carbocycles. The summed E-state index contributed by atoms with van der Waals surface area (Å²) in [5.74, 6) is -0.229. The molecule has 0 aliphatic heterocycles. The molecule has 2 rings (SSSR count). The second-order valence-corrected chi connectivity index (χ2v) is 4.39. The summed E-state index contributed by atoms with van der Waals surface area (Å²) in [6, 6.07) is 6.05. The Morgan fingerprint density at radius 3 is 2.89 bits per heavy atom. The van der Waals surface area contributed by atoms with Crippen molar-refractivity contribution in [2.24, 2.45) is 0 Å². The van der Waals surface area contributed by atoms with Gasteiger partial charge in [0.25, 0.3) is 0 Å². The smallest absolute Gasteiger partial charge is 0.328 e. The van der Waals surface area contributed by atoms with Crippen molar-refractivity contribution in [2.45, 2.75) is 27.0 Å². The number of anilines is 1. The van der Waals surface area contributed by atoms with E-state index in [-0.39, 0.29) is 25.1 Å². The molecule has 2 aromatic rings. The minimum absolute atomic E-state index is 0.00899. The van der Waals surface area contributed by atoms with Crippen LogP contribution in [0.2, 0.25) is 0 Å². The lowest BCUT2D eigenvalue weighted by Crippen LogP contribution is -2.14. The van der Waals surface area contributed by atoms with Gasteiger partial charge >= 0.3 is 5.97 Å². The Hall–Kier alpha value is -2.37. The van der Waals surface area contributed by atoms with Crippen LogP contribution in [0.4, 0.5) is 5.95 Å². The first-order chi connectivity index (χ1) is 9.04. The third-order valence-corrected chi connectivity index (χ3v) is 2.74. The van der Waals surface area contributed by atoms with E-state index in [2.05, 4.69) is 10.1 Å². The number of benzene rings is 1. The number of aryl methyl sites for hydroxylation is 2. The molecule has 0 amide bonds. The summed E-state index contributed by atoms with van der Waals surface area (Å²) in [5.41, 5.74) is 8.61. The van der Waals surface area contributed by atoms with Crippen LogP contribution in [0.5, 0.6) is 0 Å². The highest BCUT2D eigenvalue weighted by atomic mass is 16.5. The molecule has 0 bridgehead atoms. The highest BCUT2D eigenvalue weighted by molar-refractivity contribution is 5.69. The zero-order valence-electron chi connectivity index (χ0n) is 11.0. The van der Waals surface area contributed by atoms with E-state index >= 15 is 0 Å². The highest BCUT2D eigenvalue weighted by Gasteiger charge is 2.07. The normalized spacial score (nSPS) is 10.4. The molecule has 0 spiro atoms. The van der Waals surface area contributed by atoms with Crippen molar-refractivity contribution in [3.63, 3.8) is 0 Å². The molecular formula is C13H16N4O2. The summed E-state index contributed by atoms with van der Waals surface area (Å²) in [4.78, 5) is 15.4. The van der Waals surface area contributed by atoms with Crippen LogP contribution in [0.15, 0.2) is 24.5 Å². The van der Waals surface area contributed by atoms with Crippen LogP contribution in [0.1, 0.15) is 16.7 Å². The van der Waals surface area contributed by atoms with Gasteiger partial charge in [0.05, 0.1) is 0 Å². The van der Waals surface area contributed by atoms with E-state index < -0.39 is 0 Å². The minimum Gasteiger partial charge on any atom is -0.459 e. The Balaban J connectivity index is 1.91. The number of nitrogens with two attached hydrogens (primary N) is 1. The largest absolute Gasteiger partial charge is 0.459 e. The Labute approximate surface area is 111 Å². The van der Waals surface area contributed by atoms with Gasteiger partial charge in [-0.2, -0.15) is 0 Å². The fourth-order valence-electron chi connectivity index (χ4n) is 1.68. The van der Waals surface area contributed by atoms with E-state index in [9.17, 15) is 4.79 Å². The molecular weight excluding hydrogens is 244 g/mol. The number of nitrogen functional groups attached to an aromatic ring is 1. The van der Waals surface area contributed by atoms with Gasteiger partial charge in [-0.3, -0.25) is 4.79 Å². The maximum Gasteiger partial charge on any atom is 0.328 e. The van der Waals surface area contributed by atoms with E-state index in [4.69, 9.17) is 10.5 Å². The zero-order valence-corrected chi connectivity index (χ0v) is 11.0. The van der Waals surface area contributed by atoms with E-state index in [1.165, 1.54) is 11.0 Å². The standard InChI is InChI=1S/C13H16N4O2/c1-9-3-4-10(2)11(5-9)7-19-12(18)6-17-8-15-13(14)16-17/h3-5,8H,6-7H2,1-2H3,(H2,14,16). The third-order valence-electron chi connectivity index (χ3n) is 2.74. The fourth-order valence-corrected chi connectivity index (χ4v) is 1.68. The van der Waals surface area contributed by atoms with Crippen LogP contribution in [0.25, 0.3) is 0 Å². The minimum atomic E-state index is -0.370. The molecule has 0 aliphatic carbocycles. The van der Waals surface area contributed by atoms with Crippen LogP contribution in [-0.2, 0) is 22.7 Å². The Morgan fingerprint density at radius 1 is 1.42 bits per heavy atom. The molecule has 0 atom stereocenters. The average molecular weight is 260 g/mol. The maximum atomic E-state index is 11.6. The molecule has 100 valence electrons. The fraction of sp³-hybridized carbons (Fsp3) is 0.308. The molecule has 19 heavy (non-hydrogen) atoms. The van der Waals surface area contributed by atoms with Crippen molar-refractivity contribution >= 4 is 11.9 Å². The predicted octanol–water partition coefficient (Wildman–Crippen LogP) is 1.22. The molecule has 0 saturated heterocycles. The first-order valence-electron chi connectivity index (χ1n) is 5.91. The third kappa shape index (κ3) is 3.54. The van der Waals surface area contributed by atoms with E-state index in [0.717, 1.165) is 16.7 Å². The number of carbonyl (C=O) groups excluding carboxylic acids is 1. The lowest BCUT2D eigenvalue weighted by atomic mass is 10.1. The number of carbonyl (C=O) groups is 1. The maximum absolute atomic E-state index is 11.6. The molecule has 6 heteroatoms. The molecule has 1 heterocycles. The highest BCUT2D eigenvalue weighted by Crippen LogP contribution is 2.11.